The van der Waals surface area contributed by atoms with E-state index in [4.69, 9.17) is 9.63 Å². The number of nitrogens with one attached hydrogen (secondary N) is 3. The van der Waals surface area contributed by atoms with Crippen molar-refractivity contribution in [3.63, 3.8) is 0 Å². The maximum atomic E-state index is 11.6. The van der Waals surface area contributed by atoms with Gasteiger partial charge in [0.15, 0.2) is 5.76 Å². The molecule has 2 heterocycles. The van der Waals surface area contributed by atoms with Crippen molar-refractivity contribution in [3.8, 4) is 0 Å². The predicted octanol–water partition coefficient (Wildman–Crippen LogP) is -0.107. The van der Waals surface area contributed by atoms with Gasteiger partial charge < -0.3 is 25.2 Å². The molecule has 2 aromatic heterocycles. The smallest absolute Gasteiger partial charge is 0.326 e. The van der Waals surface area contributed by atoms with Gasteiger partial charge >= 0.3 is 12.0 Å². The van der Waals surface area contributed by atoms with Crippen LogP contribution in [0.3, 0.4) is 0 Å². The van der Waals surface area contributed by atoms with E-state index < -0.39 is 18.0 Å². The van der Waals surface area contributed by atoms with E-state index in [0.29, 0.717) is 11.5 Å². The van der Waals surface area contributed by atoms with E-state index in [9.17, 15) is 9.59 Å². The van der Waals surface area contributed by atoms with Gasteiger partial charge in [-0.2, -0.15) is 0 Å². The Morgan fingerprint density at radius 3 is 2.95 bits per heavy atom. The lowest BCUT2D eigenvalue weighted by Crippen LogP contribution is -2.46. The minimum absolute atomic E-state index is 0.116. The number of imidazole rings is 1. The van der Waals surface area contributed by atoms with Gasteiger partial charge in [0, 0.05) is 24.4 Å². The van der Waals surface area contributed by atoms with Crippen molar-refractivity contribution in [1.82, 2.24) is 25.8 Å². The second-order valence-corrected chi connectivity index (χ2v) is 3.98. The van der Waals surface area contributed by atoms with Gasteiger partial charge in [-0.05, 0) is 0 Å². The predicted molar refractivity (Wildman–Crippen MR) is 65.6 cm³/mol. The van der Waals surface area contributed by atoms with E-state index in [1.54, 1.807) is 6.07 Å². The molecule has 20 heavy (non-hydrogen) atoms. The largest absolute Gasteiger partial charge is 0.480 e. The molecule has 9 heteroatoms. The molecular weight excluding hydrogens is 266 g/mol. The van der Waals surface area contributed by atoms with E-state index in [1.807, 2.05) is 0 Å². The molecule has 0 bridgehead atoms. The molecule has 0 aliphatic rings. The van der Waals surface area contributed by atoms with Crippen molar-refractivity contribution in [2.75, 3.05) is 0 Å². The van der Waals surface area contributed by atoms with Crippen molar-refractivity contribution >= 4 is 12.0 Å². The van der Waals surface area contributed by atoms with Crippen LogP contribution in [0.1, 0.15) is 11.5 Å². The van der Waals surface area contributed by atoms with Crippen molar-refractivity contribution in [2.45, 2.75) is 19.0 Å². The van der Waals surface area contributed by atoms with Crippen LogP contribution < -0.4 is 10.6 Å². The molecule has 0 fully saturated rings. The standard InChI is InChI=1S/C11H13N5O4/c17-10(18)9(3-7-4-12-6-14-7)16-11(19)13-5-8-1-2-15-20-8/h1-2,4,6,9H,3,5H2,(H,12,14)(H,17,18)(H2,13,16,19). The first-order valence-corrected chi connectivity index (χ1v) is 5.79. The molecule has 0 spiro atoms. The molecule has 4 N–H and O–H groups in total. The molecule has 0 saturated heterocycles. The summed E-state index contributed by atoms with van der Waals surface area (Å²) in [6.45, 7) is 0.127. The Kier molecular flexibility index (Phi) is 4.32. The number of H-pyrrole nitrogens is 1. The molecule has 0 aliphatic heterocycles. The number of aromatic nitrogens is 3. The SMILES string of the molecule is O=C(NCc1ccno1)NC(Cc1cnc[nH]1)C(=O)O. The van der Waals surface area contributed by atoms with Gasteiger partial charge in [0.2, 0.25) is 0 Å². The summed E-state index contributed by atoms with van der Waals surface area (Å²) in [6.07, 6.45) is 4.51. The number of carboxylic acid groups (broad SMARTS) is 1. The molecule has 0 aromatic carbocycles. The summed E-state index contributed by atoms with van der Waals surface area (Å²) in [5, 5.41) is 17.4. The Hall–Kier alpha value is -2.84. The highest BCUT2D eigenvalue weighted by molar-refractivity contribution is 5.82. The Labute approximate surface area is 113 Å². The summed E-state index contributed by atoms with van der Waals surface area (Å²) in [4.78, 5) is 29.3. The summed E-state index contributed by atoms with van der Waals surface area (Å²) in [5.41, 5.74) is 0.618. The third kappa shape index (κ3) is 3.83. The van der Waals surface area contributed by atoms with Crippen molar-refractivity contribution in [1.29, 1.82) is 0 Å². The van der Waals surface area contributed by atoms with Crippen LogP contribution in [-0.4, -0.2) is 38.3 Å². The van der Waals surface area contributed by atoms with Crippen LogP contribution in [0.25, 0.3) is 0 Å². The first-order chi connectivity index (χ1) is 9.65. The molecule has 1 unspecified atom stereocenters. The van der Waals surface area contributed by atoms with Crippen LogP contribution in [-0.2, 0) is 17.8 Å². The highest BCUT2D eigenvalue weighted by atomic mass is 16.5. The van der Waals surface area contributed by atoms with Gasteiger partial charge in [-0.25, -0.2) is 14.6 Å². The fraction of sp³-hybridized carbons (Fsp3) is 0.273. The summed E-state index contributed by atoms with van der Waals surface area (Å²) in [7, 11) is 0. The number of carbonyl (C=O) groups is 2. The van der Waals surface area contributed by atoms with Crippen molar-refractivity contribution < 1.29 is 19.2 Å². The Balaban J connectivity index is 1.84. The molecule has 0 saturated carbocycles. The average Bonchev–Trinajstić information content (AvgIpc) is 3.08. The van der Waals surface area contributed by atoms with Gasteiger partial charge in [0.25, 0.3) is 0 Å². The zero-order chi connectivity index (χ0) is 14.4. The molecule has 1 atom stereocenters. The molecule has 0 radical (unpaired) electrons. The van der Waals surface area contributed by atoms with Gasteiger partial charge in [-0.15, -0.1) is 0 Å². The topological polar surface area (TPSA) is 133 Å². The van der Waals surface area contributed by atoms with Crippen LogP contribution in [0.2, 0.25) is 0 Å². The van der Waals surface area contributed by atoms with Gasteiger partial charge in [0.05, 0.1) is 19.1 Å². The first kappa shape index (κ1) is 13.6. The highest BCUT2D eigenvalue weighted by Gasteiger charge is 2.20. The molecule has 0 aliphatic carbocycles. The number of carboxylic acids is 1. The van der Waals surface area contributed by atoms with Crippen LogP contribution >= 0.6 is 0 Å². The van der Waals surface area contributed by atoms with Crippen LogP contribution in [0.4, 0.5) is 4.79 Å². The number of urea groups is 1. The van der Waals surface area contributed by atoms with Gasteiger partial charge in [-0.1, -0.05) is 5.16 Å². The van der Waals surface area contributed by atoms with Crippen molar-refractivity contribution in [3.05, 3.63) is 36.2 Å². The molecule has 2 amide bonds. The second-order valence-electron chi connectivity index (χ2n) is 3.98. The minimum atomic E-state index is -1.13. The third-order valence-electron chi connectivity index (χ3n) is 2.50. The number of rotatable bonds is 6. The first-order valence-electron chi connectivity index (χ1n) is 5.79. The molecule has 2 rings (SSSR count). The third-order valence-corrected chi connectivity index (χ3v) is 2.50. The minimum Gasteiger partial charge on any atom is -0.480 e. The molecule has 106 valence electrons. The normalized spacial score (nSPS) is 11.8. The number of hydrogen-bond acceptors (Lipinski definition) is 5. The van der Waals surface area contributed by atoms with Gasteiger partial charge in [0.1, 0.15) is 6.04 Å². The lowest BCUT2D eigenvalue weighted by molar-refractivity contribution is -0.139. The summed E-state index contributed by atoms with van der Waals surface area (Å²) in [6, 6.07) is -0.0574. The molecule has 2 aromatic rings. The monoisotopic (exact) mass is 279 g/mol. The number of nitrogens with zero attached hydrogens (tertiary/aromatic N) is 2. The number of aliphatic carboxylic acids is 1. The lowest BCUT2D eigenvalue weighted by Gasteiger charge is -2.13. The fourth-order valence-electron chi connectivity index (χ4n) is 1.53. The maximum absolute atomic E-state index is 11.6. The second kappa shape index (κ2) is 6.36. The zero-order valence-electron chi connectivity index (χ0n) is 10.4. The van der Waals surface area contributed by atoms with E-state index in [-0.39, 0.29) is 13.0 Å². The number of carbonyl (C=O) groups excluding carboxylic acids is 1. The van der Waals surface area contributed by atoms with E-state index in [0.717, 1.165) is 0 Å². The van der Waals surface area contributed by atoms with Gasteiger partial charge in [-0.3, -0.25) is 0 Å². The number of aromatic amines is 1. The quantitative estimate of drug-likeness (QED) is 0.583. The Bertz CT molecular complexity index is 551. The van der Waals surface area contributed by atoms with E-state index in [1.165, 1.54) is 18.7 Å². The molecular formula is C11H13N5O4. The maximum Gasteiger partial charge on any atom is 0.326 e. The van der Waals surface area contributed by atoms with E-state index >= 15 is 0 Å². The number of hydrogen-bond donors (Lipinski definition) is 4. The summed E-state index contributed by atoms with van der Waals surface area (Å²) < 4.78 is 4.80. The van der Waals surface area contributed by atoms with Crippen LogP contribution in [0, 0.1) is 0 Å². The summed E-state index contributed by atoms with van der Waals surface area (Å²) in [5.74, 6) is -0.657. The van der Waals surface area contributed by atoms with Crippen molar-refractivity contribution in [2.24, 2.45) is 0 Å². The number of amides is 2. The fourth-order valence-corrected chi connectivity index (χ4v) is 1.53. The van der Waals surface area contributed by atoms with E-state index in [2.05, 4.69) is 25.8 Å². The molecule has 9 nitrogen and oxygen atoms in total. The Morgan fingerprint density at radius 2 is 2.35 bits per heavy atom. The Morgan fingerprint density at radius 1 is 1.50 bits per heavy atom. The highest BCUT2D eigenvalue weighted by Crippen LogP contribution is 1.99. The summed E-state index contributed by atoms with van der Waals surface area (Å²) >= 11 is 0. The zero-order valence-corrected chi connectivity index (χ0v) is 10.4. The van der Waals surface area contributed by atoms with Crippen LogP contribution in [0.5, 0.6) is 0 Å². The lowest BCUT2D eigenvalue weighted by atomic mass is 10.2. The average molecular weight is 279 g/mol. The van der Waals surface area contributed by atoms with Crippen LogP contribution in [0.15, 0.2) is 29.3 Å².